The van der Waals surface area contributed by atoms with E-state index in [1.807, 2.05) is 6.07 Å². The molecule has 1 N–H and O–H groups in total. The van der Waals surface area contributed by atoms with Crippen molar-refractivity contribution in [3.8, 4) is 0 Å². The number of rotatable bonds is 4. The van der Waals surface area contributed by atoms with Gasteiger partial charge in [0.05, 0.1) is 11.8 Å². The van der Waals surface area contributed by atoms with E-state index >= 15 is 0 Å². The summed E-state index contributed by atoms with van der Waals surface area (Å²) in [6.07, 6.45) is 2.74. The number of aryl methyl sites for hydroxylation is 1. The lowest BCUT2D eigenvalue weighted by molar-refractivity contribution is -0.121. The second kappa shape index (κ2) is 6.77. The van der Waals surface area contributed by atoms with E-state index < -0.39 is 6.10 Å². The molecule has 0 fully saturated rings. The Labute approximate surface area is 139 Å². The number of aliphatic hydroxyl groups excluding tert-OH is 1. The molecule has 3 nitrogen and oxygen atoms in total. The van der Waals surface area contributed by atoms with E-state index in [4.69, 9.17) is 11.6 Å². The molecule has 0 spiro atoms. The molecule has 1 aliphatic carbocycles. The Bertz CT molecular complexity index is 735. The SMILES string of the molecule is O=C(CCc1ccc(Cl)cc1F)[C@H]1CC[C@@H](O)c2ncccc21. The summed E-state index contributed by atoms with van der Waals surface area (Å²) in [6.45, 7) is 0. The minimum absolute atomic E-state index is 0.0560. The van der Waals surface area contributed by atoms with Gasteiger partial charge in [-0.2, -0.15) is 0 Å². The third-order valence-electron chi connectivity index (χ3n) is 4.34. The number of hydrogen-bond donors (Lipinski definition) is 1. The molecule has 0 saturated heterocycles. The molecule has 5 heteroatoms. The van der Waals surface area contributed by atoms with Gasteiger partial charge in [0.15, 0.2) is 0 Å². The van der Waals surface area contributed by atoms with Crippen LogP contribution in [0.1, 0.15) is 48.1 Å². The fraction of sp³-hybridized carbons (Fsp3) is 0.333. The van der Waals surface area contributed by atoms with E-state index in [0.29, 0.717) is 35.5 Å². The number of halogens is 2. The first-order chi connectivity index (χ1) is 11.1. The van der Waals surface area contributed by atoms with Gasteiger partial charge >= 0.3 is 0 Å². The van der Waals surface area contributed by atoms with Crippen molar-refractivity contribution in [3.05, 3.63) is 64.2 Å². The number of aliphatic hydroxyl groups is 1. The van der Waals surface area contributed by atoms with Gasteiger partial charge in [0, 0.05) is 23.6 Å². The maximum atomic E-state index is 13.8. The molecule has 0 bridgehead atoms. The highest BCUT2D eigenvalue weighted by Crippen LogP contribution is 2.37. The van der Waals surface area contributed by atoms with Crippen molar-refractivity contribution in [1.82, 2.24) is 4.98 Å². The average Bonchev–Trinajstić information content (AvgIpc) is 2.54. The lowest BCUT2D eigenvalue weighted by Gasteiger charge is -2.27. The topological polar surface area (TPSA) is 50.2 Å². The molecule has 3 rings (SSSR count). The van der Waals surface area contributed by atoms with E-state index in [0.717, 1.165) is 5.56 Å². The summed E-state index contributed by atoms with van der Waals surface area (Å²) >= 11 is 5.73. The lowest BCUT2D eigenvalue weighted by atomic mass is 9.80. The highest BCUT2D eigenvalue weighted by atomic mass is 35.5. The Morgan fingerprint density at radius 3 is 2.96 bits per heavy atom. The van der Waals surface area contributed by atoms with Gasteiger partial charge in [-0.15, -0.1) is 0 Å². The van der Waals surface area contributed by atoms with Crippen molar-refractivity contribution in [2.75, 3.05) is 0 Å². The first-order valence-corrected chi connectivity index (χ1v) is 8.03. The number of aromatic nitrogens is 1. The molecule has 120 valence electrons. The predicted octanol–water partition coefficient (Wildman–Crippen LogP) is 3.99. The highest BCUT2D eigenvalue weighted by molar-refractivity contribution is 6.30. The van der Waals surface area contributed by atoms with Crippen LogP contribution < -0.4 is 0 Å². The van der Waals surface area contributed by atoms with Crippen molar-refractivity contribution in [1.29, 1.82) is 0 Å². The Hall–Kier alpha value is -1.78. The van der Waals surface area contributed by atoms with Crippen molar-refractivity contribution in [2.45, 2.75) is 37.7 Å². The number of benzene rings is 1. The van der Waals surface area contributed by atoms with Crippen LogP contribution in [0.5, 0.6) is 0 Å². The molecule has 1 aromatic carbocycles. The third kappa shape index (κ3) is 3.43. The van der Waals surface area contributed by atoms with Gasteiger partial charge in [-0.25, -0.2) is 4.39 Å². The van der Waals surface area contributed by atoms with Crippen LogP contribution in [-0.4, -0.2) is 15.9 Å². The van der Waals surface area contributed by atoms with Gasteiger partial charge in [0.1, 0.15) is 11.6 Å². The summed E-state index contributed by atoms with van der Waals surface area (Å²) in [5.74, 6) is -0.593. The molecule has 2 atom stereocenters. The molecule has 0 amide bonds. The smallest absolute Gasteiger partial charge is 0.140 e. The van der Waals surface area contributed by atoms with Gasteiger partial charge in [0.2, 0.25) is 0 Å². The normalized spacial score (nSPS) is 20.1. The molecule has 23 heavy (non-hydrogen) atoms. The van der Waals surface area contributed by atoms with Crippen LogP contribution in [-0.2, 0) is 11.2 Å². The predicted molar refractivity (Wildman–Crippen MR) is 85.9 cm³/mol. The summed E-state index contributed by atoms with van der Waals surface area (Å²) in [6, 6.07) is 8.12. The summed E-state index contributed by atoms with van der Waals surface area (Å²) in [5, 5.41) is 10.3. The molecule has 1 aromatic heterocycles. The average molecular weight is 334 g/mol. The van der Waals surface area contributed by atoms with Crippen LogP contribution in [0.4, 0.5) is 4.39 Å². The molecule has 0 saturated carbocycles. The van der Waals surface area contributed by atoms with Crippen LogP contribution in [0.25, 0.3) is 0 Å². The molecular formula is C18H17ClFNO2. The molecule has 0 aliphatic heterocycles. The van der Waals surface area contributed by atoms with Crippen molar-refractivity contribution in [3.63, 3.8) is 0 Å². The molecule has 1 aliphatic rings. The van der Waals surface area contributed by atoms with Crippen molar-refractivity contribution >= 4 is 17.4 Å². The molecule has 0 unspecified atom stereocenters. The number of carbonyl (C=O) groups is 1. The van der Waals surface area contributed by atoms with Crippen molar-refractivity contribution < 1.29 is 14.3 Å². The quantitative estimate of drug-likeness (QED) is 0.920. The Morgan fingerprint density at radius 2 is 2.17 bits per heavy atom. The van der Waals surface area contributed by atoms with Crippen LogP contribution >= 0.6 is 11.6 Å². The van der Waals surface area contributed by atoms with E-state index in [1.54, 1.807) is 24.4 Å². The number of carbonyl (C=O) groups excluding carboxylic acids is 1. The van der Waals surface area contributed by atoms with Gasteiger partial charge in [-0.05, 0) is 48.6 Å². The molecule has 2 aromatic rings. The zero-order chi connectivity index (χ0) is 16.4. The zero-order valence-corrected chi connectivity index (χ0v) is 13.3. The summed E-state index contributed by atoms with van der Waals surface area (Å²) in [7, 11) is 0. The number of nitrogens with zero attached hydrogens (tertiary/aromatic N) is 1. The number of fused-ring (bicyclic) bond motifs is 1. The largest absolute Gasteiger partial charge is 0.387 e. The number of pyridine rings is 1. The maximum absolute atomic E-state index is 13.8. The van der Waals surface area contributed by atoms with Gasteiger partial charge in [0.25, 0.3) is 0 Å². The Balaban J connectivity index is 1.73. The molecule has 0 radical (unpaired) electrons. The summed E-state index contributed by atoms with van der Waals surface area (Å²) in [5.41, 5.74) is 1.88. The second-order valence-electron chi connectivity index (χ2n) is 5.83. The highest BCUT2D eigenvalue weighted by Gasteiger charge is 2.31. The van der Waals surface area contributed by atoms with E-state index in [-0.39, 0.29) is 23.9 Å². The third-order valence-corrected chi connectivity index (χ3v) is 4.57. The lowest BCUT2D eigenvalue weighted by Crippen LogP contribution is -2.22. The van der Waals surface area contributed by atoms with Gasteiger partial charge in [-0.1, -0.05) is 23.7 Å². The summed E-state index contributed by atoms with van der Waals surface area (Å²) < 4.78 is 13.8. The van der Waals surface area contributed by atoms with Crippen molar-refractivity contribution in [2.24, 2.45) is 0 Å². The number of Topliss-reactive ketones (excluding diaryl/α,β-unsaturated/α-hetero) is 1. The first kappa shape index (κ1) is 16.1. The fourth-order valence-electron chi connectivity index (χ4n) is 3.11. The van der Waals surface area contributed by atoms with Crippen LogP contribution in [0.15, 0.2) is 36.5 Å². The van der Waals surface area contributed by atoms with E-state index in [2.05, 4.69) is 4.98 Å². The molecular weight excluding hydrogens is 317 g/mol. The van der Waals surface area contributed by atoms with Gasteiger partial charge in [-0.3, -0.25) is 9.78 Å². The Kier molecular flexibility index (Phi) is 4.74. The second-order valence-corrected chi connectivity index (χ2v) is 6.26. The summed E-state index contributed by atoms with van der Waals surface area (Å²) in [4.78, 5) is 16.8. The Morgan fingerprint density at radius 1 is 1.35 bits per heavy atom. The van der Waals surface area contributed by atoms with Gasteiger partial charge < -0.3 is 5.11 Å². The standard InChI is InChI=1S/C18H17ClFNO2/c19-12-5-3-11(15(20)10-12)4-7-16(22)13-6-8-17(23)18-14(13)2-1-9-21-18/h1-3,5,9-10,13,17,23H,4,6-8H2/t13-,17+/m0/s1. The van der Waals surface area contributed by atoms with Crippen LogP contribution in [0.3, 0.4) is 0 Å². The van der Waals surface area contributed by atoms with E-state index in [1.165, 1.54) is 6.07 Å². The number of ketones is 1. The van der Waals surface area contributed by atoms with Crippen LogP contribution in [0, 0.1) is 5.82 Å². The number of hydrogen-bond acceptors (Lipinski definition) is 3. The monoisotopic (exact) mass is 333 g/mol. The van der Waals surface area contributed by atoms with E-state index in [9.17, 15) is 14.3 Å². The fourth-order valence-corrected chi connectivity index (χ4v) is 3.27. The minimum Gasteiger partial charge on any atom is -0.387 e. The van der Waals surface area contributed by atoms with Crippen LogP contribution in [0.2, 0.25) is 5.02 Å². The zero-order valence-electron chi connectivity index (χ0n) is 12.5. The maximum Gasteiger partial charge on any atom is 0.140 e. The minimum atomic E-state index is -0.607. The molecule has 1 heterocycles. The first-order valence-electron chi connectivity index (χ1n) is 7.66.